The van der Waals surface area contributed by atoms with E-state index in [0.717, 1.165) is 36.3 Å². The second-order valence-electron chi connectivity index (χ2n) is 4.74. The van der Waals surface area contributed by atoms with Crippen LogP contribution in [0.15, 0.2) is 0 Å². The molecule has 3 rings (SSSR count). The molecule has 0 aliphatic carbocycles. The first-order valence-electron chi connectivity index (χ1n) is 5.52. The second-order valence-corrected chi connectivity index (χ2v) is 5.92. The molecule has 3 heterocycles. The Morgan fingerprint density at radius 1 is 1.53 bits per heavy atom. The number of anilines is 1. The van der Waals surface area contributed by atoms with E-state index in [2.05, 4.69) is 9.88 Å². The molecule has 2 aliphatic heterocycles. The summed E-state index contributed by atoms with van der Waals surface area (Å²) in [6.45, 7) is 5.59. The minimum Gasteiger partial charge on any atom is -0.464 e. The van der Waals surface area contributed by atoms with Crippen LogP contribution in [-0.2, 0) is 9.47 Å². The lowest BCUT2D eigenvalue weighted by atomic mass is 9.78. The van der Waals surface area contributed by atoms with Gasteiger partial charge >= 0.3 is 5.97 Å². The summed E-state index contributed by atoms with van der Waals surface area (Å²) in [4.78, 5) is 18.9. The maximum atomic E-state index is 11.5. The molecule has 0 amide bonds. The van der Waals surface area contributed by atoms with E-state index in [1.165, 1.54) is 7.11 Å². The van der Waals surface area contributed by atoms with Gasteiger partial charge in [0.2, 0.25) is 0 Å². The summed E-state index contributed by atoms with van der Waals surface area (Å²) in [5, 5.41) is 0.917. The van der Waals surface area contributed by atoms with E-state index in [4.69, 9.17) is 9.47 Å². The van der Waals surface area contributed by atoms with Crippen molar-refractivity contribution in [3.05, 3.63) is 10.6 Å². The van der Waals surface area contributed by atoms with Crippen molar-refractivity contribution in [3.8, 4) is 0 Å². The number of thiazole rings is 1. The molecule has 6 heteroatoms. The number of ether oxygens (including phenoxy) is 2. The van der Waals surface area contributed by atoms with Crippen LogP contribution >= 0.6 is 11.3 Å². The van der Waals surface area contributed by atoms with E-state index in [9.17, 15) is 4.79 Å². The van der Waals surface area contributed by atoms with Gasteiger partial charge in [-0.05, 0) is 6.92 Å². The van der Waals surface area contributed by atoms with Crippen LogP contribution in [0.1, 0.15) is 15.4 Å². The third-order valence-electron chi connectivity index (χ3n) is 3.30. The lowest BCUT2D eigenvalue weighted by Crippen LogP contribution is -2.66. The molecular weight excluding hydrogens is 240 g/mol. The molecule has 1 aromatic rings. The SMILES string of the molecule is COC(=O)c1nc(N2CC3(COC3)C2)sc1C. The highest BCUT2D eigenvalue weighted by atomic mass is 32.1. The third-order valence-corrected chi connectivity index (χ3v) is 4.34. The van der Waals surface area contributed by atoms with E-state index < -0.39 is 0 Å². The average Bonchev–Trinajstić information content (AvgIpc) is 2.55. The van der Waals surface area contributed by atoms with Gasteiger partial charge in [-0.2, -0.15) is 0 Å². The Morgan fingerprint density at radius 3 is 2.76 bits per heavy atom. The fourth-order valence-electron chi connectivity index (χ4n) is 2.28. The summed E-state index contributed by atoms with van der Waals surface area (Å²) in [5.41, 5.74) is 0.809. The zero-order valence-corrected chi connectivity index (χ0v) is 10.7. The lowest BCUT2D eigenvalue weighted by molar-refractivity contribution is -0.127. The Balaban J connectivity index is 1.74. The number of carbonyl (C=O) groups is 1. The number of esters is 1. The molecule has 17 heavy (non-hydrogen) atoms. The molecule has 2 fully saturated rings. The minimum absolute atomic E-state index is 0.354. The number of rotatable bonds is 2. The molecule has 0 saturated carbocycles. The molecule has 2 saturated heterocycles. The van der Waals surface area contributed by atoms with Crippen LogP contribution in [-0.4, -0.2) is 44.4 Å². The van der Waals surface area contributed by atoms with E-state index in [1.54, 1.807) is 11.3 Å². The van der Waals surface area contributed by atoms with Crippen LogP contribution in [0, 0.1) is 12.3 Å². The molecule has 0 aromatic carbocycles. The van der Waals surface area contributed by atoms with Gasteiger partial charge < -0.3 is 14.4 Å². The number of aromatic nitrogens is 1. The van der Waals surface area contributed by atoms with E-state index in [-0.39, 0.29) is 5.97 Å². The monoisotopic (exact) mass is 254 g/mol. The maximum absolute atomic E-state index is 11.5. The summed E-state index contributed by atoms with van der Waals surface area (Å²) in [5.74, 6) is -0.354. The quantitative estimate of drug-likeness (QED) is 0.739. The molecule has 0 atom stereocenters. The van der Waals surface area contributed by atoms with Crippen molar-refractivity contribution in [2.45, 2.75) is 6.92 Å². The van der Waals surface area contributed by atoms with Crippen LogP contribution in [0.3, 0.4) is 0 Å². The topological polar surface area (TPSA) is 51.7 Å². The molecule has 0 bridgehead atoms. The fourth-order valence-corrected chi connectivity index (χ4v) is 3.17. The number of methoxy groups -OCH3 is 1. The van der Waals surface area contributed by atoms with Crippen molar-refractivity contribution in [1.29, 1.82) is 0 Å². The number of nitrogens with zero attached hydrogens (tertiary/aromatic N) is 2. The van der Waals surface area contributed by atoms with Crippen LogP contribution in [0.5, 0.6) is 0 Å². The van der Waals surface area contributed by atoms with Crippen molar-refractivity contribution in [3.63, 3.8) is 0 Å². The van der Waals surface area contributed by atoms with E-state index in [1.807, 2.05) is 6.92 Å². The van der Waals surface area contributed by atoms with Gasteiger partial charge in [0.15, 0.2) is 10.8 Å². The second kappa shape index (κ2) is 3.68. The molecule has 1 spiro atoms. The molecule has 0 radical (unpaired) electrons. The Bertz CT molecular complexity index is 459. The first-order chi connectivity index (χ1) is 8.13. The molecular formula is C11H14N2O3S. The minimum atomic E-state index is -0.354. The van der Waals surface area contributed by atoms with Crippen molar-refractivity contribution >= 4 is 22.4 Å². The maximum Gasteiger partial charge on any atom is 0.357 e. The van der Waals surface area contributed by atoms with Crippen molar-refractivity contribution in [1.82, 2.24) is 4.98 Å². The normalized spacial score (nSPS) is 20.9. The molecule has 0 N–H and O–H groups in total. The van der Waals surface area contributed by atoms with E-state index in [0.29, 0.717) is 11.1 Å². The number of hydrogen-bond donors (Lipinski definition) is 0. The number of hydrogen-bond acceptors (Lipinski definition) is 6. The largest absolute Gasteiger partial charge is 0.464 e. The van der Waals surface area contributed by atoms with Gasteiger partial charge in [0.25, 0.3) is 0 Å². The van der Waals surface area contributed by atoms with Gasteiger partial charge in [0, 0.05) is 18.0 Å². The van der Waals surface area contributed by atoms with Crippen LogP contribution in [0.2, 0.25) is 0 Å². The smallest absolute Gasteiger partial charge is 0.357 e. The Hall–Kier alpha value is -1.14. The highest BCUT2D eigenvalue weighted by Crippen LogP contribution is 2.41. The summed E-state index contributed by atoms with van der Waals surface area (Å²) in [6, 6.07) is 0. The Kier molecular flexibility index (Phi) is 2.38. The molecule has 2 aliphatic rings. The van der Waals surface area contributed by atoms with E-state index >= 15 is 0 Å². The first kappa shape index (κ1) is 11.0. The summed E-state index contributed by atoms with van der Waals surface area (Å²) in [7, 11) is 1.38. The summed E-state index contributed by atoms with van der Waals surface area (Å²) in [6.07, 6.45) is 0. The van der Waals surface area contributed by atoms with Gasteiger partial charge in [0.05, 0.1) is 25.7 Å². The Labute approximate surface area is 103 Å². The van der Waals surface area contributed by atoms with Crippen LogP contribution in [0.25, 0.3) is 0 Å². The Morgan fingerprint density at radius 2 is 2.24 bits per heavy atom. The highest BCUT2D eigenvalue weighted by molar-refractivity contribution is 7.15. The van der Waals surface area contributed by atoms with Crippen LogP contribution in [0.4, 0.5) is 5.13 Å². The molecule has 5 nitrogen and oxygen atoms in total. The molecule has 92 valence electrons. The van der Waals surface area contributed by atoms with Gasteiger partial charge in [-0.25, -0.2) is 9.78 Å². The average molecular weight is 254 g/mol. The van der Waals surface area contributed by atoms with Gasteiger partial charge in [-0.15, -0.1) is 11.3 Å². The van der Waals surface area contributed by atoms with Gasteiger partial charge in [-0.1, -0.05) is 0 Å². The fraction of sp³-hybridized carbons (Fsp3) is 0.636. The van der Waals surface area contributed by atoms with Crippen molar-refractivity contribution < 1.29 is 14.3 Å². The molecule has 0 unspecified atom stereocenters. The van der Waals surface area contributed by atoms with Crippen molar-refractivity contribution in [2.24, 2.45) is 5.41 Å². The van der Waals surface area contributed by atoms with Crippen molar-refractivity contribution in [2.75, 3.05) is 38.3 Å². The van der Waals surface area contributed by atoms with Gasteiger partial charge in [0.1, 0.15) is 0 Å². The summed E-state index contributed by atoms with van der Waals surface area (Å²) >= 11 is 1.55. The van der Waals surface area contributed by atoms with Crippen LogP contribution < -0.4 is 4.90 Å². The zero-order valence-electron chi connectivity index (χ0n) is 9.86. The number of carbonyl (C=O) groups excluding carboxylic acids is 1. The molecule has 1 aromatic heterocycles. The lowest BCUT2D eigenvalue weighted by Gasteiger charge is -2.54. The standard InChI is InChI=1S/C11H14N2O3S/c1-7-8(9(14)15-2)12-10(17-7)13-3-11(4-13)5-16-6-11/h3-6H2,1-2H3. The van der Waals surface area contributed by atoms with Gasteiger partial charge in [-0.3, -0.25) is 0 Å². The predicted octanol–water partition coefficient (Wildman–Crippen LogP) is 1.07. The first-order valence-corrected chi connectivity index (χ1v) is 6.34. The summed E-state index contributed by atoms with van der Waals surface area (Å²) < 4.78 is 9.93. The predicted molar refractivity (Wildman–Crippen MR) is 63.7 cm³/mol. The number of aryl methyl sites for hydroxylation is 1. The third kappa shape index (κ3) is 1.63. The zero-order chi connectivity index (χ0) is 12.0. The highest BCUT2D eigenvalue weighted by Gasteiger charge is 2.50.